The largest absolute Gasteiger partial charge is 0.457 e. The van der Waals surface area contributed by atoms with E-state index in [1.54, 1.807) is 0 Å². The number of ether oxygens (including phenoxy) is 1. The zero-order chi connectivity index (χ0) is 12.4. The highest BCUT2D eigenvalue weighted by molar-refractivity contribution is 5.72. The Morgan fingerprint density at radius 1 is 1.00 bits per heavy atom. The Bertz CT molecular complexity index is 406. The monoisotopic (exact) mass is 244 g/mol. The number of benzene rings is 1. The van der Waals surface area contributed by atoms with Gasteiger partial charge in [0.05, 0.1) is 6.42 Å². The molecule has 2 aliphatic rings. The third-order valence-corrected chi connectivity index (χ3v) is 4.43. The van der Waals surface area contributed by atoms with Gasteiger partial charge in [-0.2, -0.15) is 0 Å². The molecule has 0 N–H and O–H groups in total. The highest BCUT2D eigenvalue weighted by Gasteiger charge is 2.40. The second kappa shape index (κ2) is 5.13. The molecule has 3 rings (SSSR count). The van der Waals surface area contributed by atoms with Crippen molar-refractivity contribution in [3.8, 4) is 0 Å². The smallest absolute Gasteiger partial charge is 0.306 e. The lowest BCUT2D eigenvalue weighted by atomic mass is 9.75. The van der Waals surface area contributed by atoms with Gasteiger partial charge in [-0.25, -0.2) is 0 Å². The molecule has 0 amide bonds. The molecule has 0 spiro atoms. The Hall–Kier alpha value is -1.31. The van der Waals surface area contributed by atoms with Crippen molar-refractivity contribution in [3.63, 3.8) is 0 Å². The van der Waals surface area contributed by atoms with Crippen LogP contribution in [0.1, 0.15) is 50.2 Å². The summed E-state index contributed by atoms with van der Waals surface area (Å²) in [7, 11) is 0. The molecule has 0 bridgehead atoms. The Labute approximate surface area is 108 Å². The summed E-state index contributed by atoms with van der Waals surface area (Å²) >= 11 is 0. The van der Waals surface area contributed by atoms with Gasteiger partial charge < -0.3 is 4.74 Å². The van der Waals surface area contributed by atoms with Crippen LogP contribution in [0.25, 0.3) is 0 Å². The number of carbonyl (C=O) groups is 1. The number of cyclic esters (lactones) is 1. The van der Waals surface area contributed by atoms with Crippen LogP contribution in [-0.4, -0.2) is 5.97 Å². The minimum Gasteiger partial charge on any atom is -0.457 e. The van der Waals surface area contributed by atoms with Crippen molar-refractivity contribution in [2.75, 3.05) is 0 Å². The van der Waals surface area contributed by atoms with E-state index in [-0.39, 0.29) is 12.1 Å². The van der Waals surface area contributed by atoms with Crippen molar-refractivity contribution in [1.29, 1.82) is 0 Å². The predicted molar refractivity (Wildman–Crippen MR) is 70.0 cm³/mol. The number of hydrogen-bond donors (Lipinski definition) is 0. The van der Waals surface area contributed by atoms with Gasteiger partial charge >= 0.3 is 5.97 Å². The van der Waals surface area contributed by atoms with Crippen LogP contribution in [0.15, 0.2) is 30.3 Å². The lowest BCUT2D eigenvalue weighted by molar-refractivity contribution is -0.141. The molecule has 1 aromatic rings. The lowest BCUT2D eigenvalue weighted by Crippen LogP contribution is -2.20. The van der Waals surface area contributed by atoms with Crippen molar-refractivity contribution in [3.05, 3.63) is 35.9 Å². The van der Waals surface area contributed by atoms with Gasteiger partial charge in [0, 0.05) is 5.92 Å². The van der Waals surface area contributed by atoms with E-state index < -0.39 is 0 Å². The van der Waals surface area contributed by atoms with Crippen molar-refractivity contribution in [2.45, 2.75) is 44.6 Å². The molecule has 0 radical (unpaired) electrons. The molecular formula is C16H20O2. The quantitative estimate of drug-likeness (QED) is 0.738. The second-order valence-electron chi connectivity index (χ2n) is 5.59. The van der Waals surface area contributed by atoms with E-state index in [9.17, 15) is 4.79 Å². The molecule has 2 atom stereocenters. The molecule has 2 fully saturated rings. The molecular weight excluding hydrogens is 224 g/mol. The van der Waals surface area contributed by atoms with E-state index in [0.29, 0.717) is 18.3 Å². The van der Waals surface area contributed by atoms with E-state index in [1.807, 2.05) is 18.2 Å². The van der Waals surface area contributed by atoms with Gasteiger partial charge in [-0.05, 0) is 11.5 Å². The summed E-state index contributed by atoms with van der Waals surface area (Å²) in [5, 5.41) is 0. The molecule has 2 nitrogen and oxygen atoms in total. The fourth-order valence-electron chi connectivity index (χ4n) is 3.51. The van der Waals surface area contributed by atoms with Crippen molar-refractivity contribution >= 4 is 5.97 Å². The molecule has 1 aliphatic heterocycles. The summed E-state index contributed by atoms with van der Waals surface area (Å²) in [4.78, 5) is 11.7. The van der Waals surface area contributed by atoms with Crippen LogP contribution in [0.3, 0.4) is 0 Å². The number of esters is 1. The zero-order valence-electron chi connectivity index (χ0n) is 10.7. The Balaban J connectivity index is 1.81. The van der Waals surface area contributed by atoms with Gasteiger partial charge in [0.25, 0.3) is 0 Å². The van der Waals surface area contributed by atoms with E-state index in [0.717, 1.165) is 0 Å². The summed E-state index contributed by atoms with van der Waals surface area (Å²) < 4.78 is 5.57. The van der Waals surface area contributed by atoms with Crippen molar-refractivity contribution < 1.29 is 9.53 Å². The van der Waals surface area contributed by atoms with Crippen molar-refractivity contribution in [1.82, 2.24) is 0 Å². The van der Waals surface area contributed by atoms with Crippen LogP contribution in [0, 0.1) is 11.8 Å². The molecule has 0 unspecified atom stereocenters. The van der Waals surface area contributed by atoms with E-state index in [4.69, 9.17) is 4.74 Å². The first-order chi connectivity index (χ1) is 8.84. The number of hydrogen-bond acceptors (Lipinski definition) is 2. The summed E-state index contributed by atoms with van der Waals surface area (Å²) in [6, 6.07) is 10.2. The first-order valence-corrected chi connectivity index (χ1v) is 7.09. The maximum atomic E-state index is 11.7. The van der Waals surface area contributed by atoms with Gasteiger partial charge in [-0.3, -0.25) is 4.79 Å². The SMILES string of the molecule is O=C1C[C@H](C2CCCCC2)[C@@H](c2ccccc2)O1. The summed E-state index contributed by atoms with van der Waals surface area (Å²) in [6.45, 7) is 0. The van der Waals surface area contributed by atoms with E-state index in [2.05, 4.69) is 12.1 Å². The van der Waals surface area contributed by atoms with Gasteiger partial charge in [0.1, 0.15) is 6.10 Å². The summed E-state index contributed by atoms with van der Waals surface area (Å²) in [6.07, 6.45) is 7.14. The average molecular weight is 244 g/mol. The van der Waals surface area contributed by atoms with Crippen molar-refractivity contribution in [2.24, 2.45) is 11.8 Å². The Kier molecular flexibility index (Phi) is 3.35. The van der Waals surface area contributed by atoms with E-state index in [1.165, 1.54) is 37.7 Å². The average Bonchev–Trinajstić information content (AvgIpc) is 2.83. The molecule has 1 aromatic carbocycles. The Morgan fingerprint density at radius 2 is 1.72 bits per heavy atom. The van der Waals surface area contributed by atoms with Gasteiger partial charge in [-0.15, -0.1) is 0 Å². The summed E-state index contributed by atoms with van der Waals surface area (Å²) in [5.74, 6) is 1.06. The normalized spacial score (nSPS) is 29.2. The molecule has 0 aromatic heterocycles. The fourth-order valence-corrected chi connectivity index (χ4v) is 3.51. The standard InChI is InChI=1S/C16H20O2/c17-15-11-14(12-7-3-1-4-8-12)16(18-15)13-9-5-2-6-10-13/h2,5-6,9-10,12,14,16H,1,3-4,7-8,11H2/t14-,16-/m1/s1. The molecule has 18 heavy (non-hydrogen) atoms. The van der Waals surface area contributed by atoms with Gasteiger partial charge in [-0.1, -0.05) is 62.4 Å². The molecule has 2 heteroatoms. The molecule has 96 valence electrons. The first-order valence-electron chi connectivity index (χ1n) is 7.09. The van der Waals surface area contributed by atoms with Gasteiger partial charge in [0.15, 0.2) is 0 Å². The molecule has 1 saturated heterocycles. The van der Waals surface area contributed by atoms with Crippen LogP contribution in [0.4, 0.5) is 0 Å². The zero-order valence-corrected chi connectivity index (χ0v) is 10.7. The third kappa shape index (κ3) is 2.29. The number of rotatable bonds is 2. The predicted octanol–water partition coefficient (Wildman–Crippen LogP) is 3.87. The lowest BCUT2D eigenvalue weighted by Gasteiger charge is -2.29. The first kappa shape index (κ1) is 11.8. The maximum Gasteiger partial charge on any atom is 0.306 e. The van der Waals surface area contributed by atoms with E-state index >= 15 is 0 Å². The van der Waals surface area contributed by atoms with Crippen LogP contribution in [0.5, 0.6) is 0 Å². The summed E-state index contributed by atoms with van der Waals surface area (Å²) in [5.41, 5.74) is 1.17. The van der Waals surface area contributed by atoms with Crippen LogP contribution in [0.2, 0.25) is 0 Å². The Morgan fingerprint density at radius 3 is 2.44 bits per heavy atom. The fraction of sp³-hybridized carbons (Fsp3) is 0.562. The topological polar surface area (TPSA) is 26.3 Å². The van der Waals surface area contributed by atoms with Gasteiger partial charge in [0.2, 0.25) is 0 Å². The molecule has 1 heterocycles. The second-order valence-corrected chi connectivity index (χ2v) is 5.59. The highest BCUT2D eigenvalue weighted by Crippen LogP contribution is 2.44. The molecule has 1 saturated carbocycles. The van der Waals surface area contributed by atoms with Crippen LogP contribution >= 0.6 is 0 Å². The molecule has 1 aliphatic carbocycles. The van der Waals surface area contributed by atoms with Crippen LogP contribution in [-0.2, 0) is 9.53 Å². The van der Waals surface area contributed by atoms with Crippen LogP contribution < -0.4 is 0 Å². The minimum atomic E-state index is -0.0144. The highest BCUT2D eigenvalue weighted by atomic mass is 16.5. The number of carbonyl (C=O) groups excluding carboxylic acids is 1. The third-order valence-electron chi connectivity index (χ3n) is 4.43. The maximum absolute atomic E-state index is 11.7. The minimum absolute atomic E-state index is 0.00167.